The summed E-state index contributed by atoms with van der Waals surface area (Å²) in [5.41, 5.74) is 10.4. The van der Waals surface area contributed by atoms with Gasteiger partial charge < -0.3 is 25.8 Å². The number of nitrogens with two attached hydrogens (primary N) is 1. The van der Waals surface area contributed by atoms with Gasteiger partial charge in [-0.05, 0) is 105 Å². The number of fused-ring (bicyclic) bond motifs is 1. The van der Waals surface area contributed by atoms with Gasteiger partial charge in [-0.2, -0.15) is 5.10 Å². The lowest BCUT2D eigenvalue weighted by molar-refractivity contribution is -0.136. The minimum absolute atomic E-state index is 0.175. The van der Waals surface area contributed by atoms with Gasteiger partial charge in [0.15, 0.2) is 5.82 Å². The van der Waals surface area contributed by atoms with E-state index >= 15 is 0 Å². The van der Waals surface area contributed by atoms with Crippen molar-refractivity contribution in [1.82, 2.24) is 34.9 Å². The summed E-state index contributed by atoms with van der Waals surface area (Å²) in [7, 11) is 0. The lowest BCUT2D eigenvalue weighted by atomic mass is 9.60. The molecule has 9 rings (SSSR count). The summed E-state index contributed by atoms with van der Waals surface area (Å²) in [5.74, 6) is 6.37. The van der Waals surface area contributed by atoms with Gasteiger partial charge in [0.05, 0.1) is 35.7 Å². The number of hydrogen-bond donors (Lipinski definition) is 3. The fourth-order valence-electron chi connectivity index (χ4n) is 9.27. The standard InChI is InChI=1S/C48H54N10O3S/c1-47(49)17-21-56(22-18-47)42-28-52-44(29-51-42)62-39-10-8-9-37(24-39)50-19-6-4-2-3-5-7-20-55-32-48(33-55)25-38(26-48)58-30-35(27-53-58)12-11-34-13-14-40-36(23-34)31-57(46(40)61)41-15-16-43(59)54-45(41)60/h8-10,13-14,17-18,21-24,27-30,38,41,50H,2-7,15-16,19-20,25-26,31-33,49H2,1H3,(H,54,59,60). The van der Waals surface area contributed by atoms with Gasteiger partial charge in [0.25, 0.3) is 5.91 Å². The number of piperidine rings is 1. The second-order valence-corrected chi connectivity index (χ2v) is 18.9. The Labute approximate surface area is 367 Å². The van der Waals surface area contributed by atoms with Crippen molar-refractivity contribution in [3.63, 3.8) is 0 Å². The van der Waals surface area contributed by atoms with Gasteiger partial charge in [-0.25, -0.2) is 9.97 Å². The Morgan fingerprint density at radius 2 is 1.71 bits per heavy atom. The number of imide groups is 1. The molecule has 2 aromatic carbocycles. The maximum Gasteiger partial charge on any atom is 0.255 e. The first kappa shape index (κ1) is 41.6. The average molecular weight is 851 g/mol. The summed E-state index contributed by atoms with van der Waals surface area (Å²) < 4.78 is 2.09. The van der Waals surface area contributed by atoms with Gasteiger partial charge in [0, 0.05) is 72.9 Å². The number of nitrogens with one attached hydrogen (secondary N) is 2. The molecule has 1 saturated carbocycles. The molecule has 1 atom stereocenters. The molecule has 1 aliphatic carbocycles. The van der Waals surface area contributed by atoms with E-state index in [1.807, 2.05) is 60.9 Å². The molecule has 14 heteroatoms. The molecule has 3 fully saturated rings. The molecule has 1 unspecified atom stereocenters. The third kappa shape index (κ3) is 9.65. The molecule has 13 nitrogen and oxygen atoms in total. The lowest BCUT2D eigenvalue weighted by Crippen LogP contribution is -2.62. The van der Waals surface area contributed by atoms with Gasteiger partial charge in [-0.1, -0.05) is 55.4 Å². The number of nitrogens with zero attached hydrogens (tertiary/aromatic N) is 7. The van der Waals surface area contributed by atoms with Gasteiger partial charge in [0.2, 0.25) is 11.8 Å². The van der Waals surface area contributed by atoms with Crippen LogP contribution in [-0.4, -0.2) is 85.0 Å². The van der Waals surface area contributed by atoms with Crippen molar-refractivity contribution < 1.29 is 14.4 Å². The highest BCUT2D eigenvalue weighted by molar-refractivity contribution is 7.99. The van der Waals surface area contributed by atoms with Gasteiger partial charge in [-0.3, -0.25) is 24.4 Å². The highest BCUT2D eigenvalue weighted by atomic mass is 32.2. The molecule has 4 aliphatic heterocycles. The summed E-state index contributed by atoms with van der Waals surface area (Å²) >= 11 is 1.61. The van der Waals surface area contributed by atoms with Crippen LogP contribution in [0.25, 0.3) is 0 Å². The number of carbonyl (C=O) groups is 3. The Morgan fingerprint density at radius 3 is 2.50 bits per heavy atom. The Bertz CT molecular complexity index is 2420. The number of rotatable bonds is 15. The zero-order chi connectivity index (χ0) is 42.7. The van der Waals surface area contributed by atoms with Crippen molar-refractivity contribution in [3.8, 4) is 11.8 Å². The van der Waals surface area contributed by atoms with Crippen LogP contribution in [0.1, 0.15) is 104 Å². The van der Waals surface area contributed by atoms with Crippen molar-refractivity contribution >= 4 is 41.0 Å². The van der Waals surface area contributed by atoms with Crippen molar-refractivity contribution in [2.45, 2.75) is 105 Å². The summed E-state index contributed by atoms with van der Waals surface area (Å²) in [6.45, 7) is 6.87. The van der Waals surface area contributed by atoms with Crippen molar-refractivity contribution in [2.75, 3.05) is 36.4 Å². The van der Waals surface area contributed by atoms with Crippen molar-refractivity contribution in [3.05, 3.63) is 114 Å². The summed E-state index contributed by atoms with van der Waals surface area (Å²) in [6.07, 6.45) is 25.7. The van der Waals surface area contributed by atoms with E-state index in [4.69, 9.17) is 5.73 Å². The zero-order valence-electron chi connectivity index (χ0n) is 35.3. The number of hydrogen-bond acceptors (Lipinski definition) is 11. The lowest BCUT2D eigenvalue weighted by Gasteiger charge is -2.59. The number of benzene rings is 2. The number of carbonyl (C=O) groups excluding carboxylic acids is 3. The van der Waals surface area contributed by atoms with Crippen LogP contribution in [0.4, 0.5) is 11.5 Å². The molecule has 6 heterocycles. The van der Waals surface area contributed by atoms with Crippen LogP contribution in [0.15, 0.2) is 102 Å². The number of aromatic nitrogens is 4. The van der Waals surface area contributed by atoms with Gasteiger partial charge >= 0.3 is 0 Å². The molecule has 0 bridgehead atoms. The number of amides is 3. The molecule has 2 aromatic heterocycles. The molecule has 4 aromatic rings. The Kier molecular flexibility index (Phi) is 12.0. The minimum atomic E-state index is -0.621. The molecule has 5 aliphatic rings. The molecule has 62 heavy (non-hydrogen) atoms. The fourth-order valence-corrected chi connectivity index (χ4v) is 10.1. The summed E-state index contributed by atoms with van der Waals surface area (Å²) in [4.78, 5) is 53.4. The molecular weight excluding hydrogens is 797 g/mol. The molecular formula is C48H54N10O3S. The Morgan fingerprint density at radius 1 is 0.919 bits per heavy atom. The minimum Gasteiger partial charge on any atom is -0.385 e. The topological polar surface area (TPSA) is 155 Å². The largest absolute Gasteiger partial charge is 0.385 e. The summed E-state index contributed by atoms with van der Waals surface area (Å²) in [5, 5.41) is 11.5. The van der Waals surface area contributed by atoms with Gasteiger partial charge in [-0.15, -0.1) is 0 Å². The first-order valence-corrected chi connectivity index (χ1v) is 22.7. The number of likely N-dealkylation sites (tertiary alicyclic amines) is 1. The Balaban J connectivity index is 0.620. The fraction of sp³-hybridized carbons (Fsp3) is 0.417. The maximum atomic E-state index is 13.0. The van der Waals surface area contributed by atoms with E-state index in [1.54, 1.807) is 28.9 Å². The second-order valence-electron chi connectivity index (χ2n) is 17.8. The molecule has 3 amide bonds. The molecule has 1 spiro atoms. The number of anilines is 2. The predicted octanol–water partition coefficient (Wildman–Crippen LogP) is 6.64. The van der Waals surface area contributed by atoms with E-state index in [1.165, 1.54) is 71.0 Å². The van der Waals surface area contributed by atoms with E-state index < -0.39 is 17.5 Å². The average Bonchev–Trinajstić information content (AvgIpc) is 3.83. The van der Waals surface area contributed by atoms with Crippen LogP contribution in [0.5, 0.6) is 0 Å². The molecule has 320 valence electrons. The normalized spacial score (nSPS) is 20.1. The monoisotopic (exact) mass is 850 g/mol. The molecule has 4 N–H and O–H groups in total. The van der Waals surface area contributed by atoms with E-state index in [9.17, 15) is 14.4 Å². The van der Waals surface area contributed by atoms with E-state index in [0.717, 1.165) is 44.7 Å². The Hall–Kier alpha value is -5.75. The zero-order valence-corrected chi connectivity index (χ0v) is 36.1. The molecule has 0 radical (unpaired) electrons. The highest BCUT2D eigenvalue weighted by Gasteiger charge is 2.52. The quantitative estimate of drug-likeness (QED) is 0.0671. The van der Waals surface area contributed by atoms with Crippen LogP contribution in [0.2, 0.25) is 0 Å². The van der Waals surface area contributed by atoms with Crippen LogP contribution in [-0.2, 0) is 16.1 Å². The van der Waals surface area contributed by atoms with Crippen molar-refractivity contribution in [1.29, 1.82) is 0 Å². The van der Waals surface area contributed by atoms with Crippen LogP contribution in [0.3, 0.4) is 0 Å². The number of unbranched alkanes of at least 4 members (excludes halogenated alkanes) is 5. The van der Waals surface area contributed by atoms with Crippen LogP contribution in [0, 0.1) is 17.3 Å². The highest BCUT2D eigenvalue weighted by Crippen LogP contribution is 2.54. The smallest absolute Gasteiger partial charge is 0.255 e. The molecule has 2 saturated heterocycles. The maximum absolute atomic E-state index is 13.0. The SMILES string of the molecule is CC1(N)C=CN(c2cnc(Sc3cccc(NCCCCCCCCN4CC5(CC(n6cc(C#Cc7ccc8c(c7)CN(C7CCC(=O)NC7=O)C8=O)cn6)C5)C4)c3)cn2)C=C1. The van der Waals surface area contributed by atoms with Crippen molar-refractivity contribution in [2.24, 2.45) is 11.1 Å². The van der Waals surface area contributed by atoms with E-state index in [0.29, 0.717) is 30.0 Å². The van der Waals surface area contributed by atoms with E-state index in [2.05, 4.69) is 77.6 Å². The summed E-state index contributed by atoms with van der Waals surface area (Å²) in [6, 6.07) is 13.9. The third-order valence-corrected chi connectivity index (χ3v) is 13.6. The second kappa shape index (κ2) is 17.9. The van der Waals surface area contributed by atoms with Crippen LogP contribution < -0.4 is 21.3 Å². The van der Waals surface area contributed by atoms with Gasteiger partial charge in [0.1, 0.15) is 11.1 Å². The van der Waals surface area contributed by atoms with Crippen LogP contribution >= 0.6 is 11.8 Å². The first-order chi connectivity index (χ1) is 30.1. The first-order valence-electron chi connectivity index (χ1n) is 21.9. The third-order valence-electron chi connectivity index (χ3n) is 12.7. The predicted molar refractivity (Wildman–Crippen MR) is 240 cm³/mol. The van der Waals surface area contributed by atoms with E-state index in [-0.39, 0.29) is 18.2 Å².